The smallest absolute Gasteiger partial charge is 0.241 e. The van der Waals surface area contributed by atoms with Crippen LogP contribution in [-0.2, 0) is 16.6 Å². The van der Waals surface area contributed by atoms with Crippen LogP contribution in [0.15, 0.2) is 41.4 Å². The Morgan fingerprint density at radius 2 is 1.85 bits per heavy atom. The first-order valence-electron chi connectivity index (χ1n) is 8.23. The molecular formula is C17H20Cl2N4O2S. The van der Waals surface area contributed by atoms with Gasteiger partial charge in [-0.2, -0.15) is 0 Å². The van der Waals surface area contributed by atoms with Gasteiger partial charge in [-0.05, 0) is 48.7 Å². The molecule has 26 heavy (non-hydrogen) atoms. The Morgan fingerprint density at radius 1 is 1.19 bits per heavy atom. The number of nitrogens with two attached hydrogens (primary N) is 1. The predicted molar refractivity (Wildman–Crippen MR) is 104 cm³/mol. The number of anilines is 1. The van der Waals surface area contributed by atoms with E-state index in [0.717, 1.165) is 38.0 Å². The fourth-order valence-electron chi connectivity index (χ4n) is 3.12. The summed E-state index contributed by atoms with van der Waals surface area (Å²) >= 11 is 12.1. The zero-order valence-electron chi connectivity index (χ0n) is 14.0. The van der Waals surface area contributed by atoms with Gasteiger partial charge < -0.3 is 5.32 Å². The fourth-order valence-corrected chi connectivity index (χ4v) is 4.34. The number of benzene rings is 1. The van der Waals surface area contributed by atoms with E-state index in [-0.39, 0.29) is 10.9 Å². The summed E-state index contributed by atoms with van der Waals surface area (Å²) in [6.45, 7) is 2.53. The standard InChI is InChI=1S/C17H20Cl2N4O2S/c18-13-8-12(9-14(19)10-13)11-23-6-3-15(4-7-23)22-17-16(26(20,24)25)2-1-5-21-17/h1-2,5,8-10,15H,3-4,6-7,11H2,(H,21,22)(H2,20,24,25). The first-order chi connectivity index (χ1) is 12.3. The van der Waals surface area contributed by atoms with Crippen LogP contribution in [0.2, 0.25) is 10.0 Å². The summed E-state index contributed by atoms with van der Waals surface area (Å²) in [5, 5.41) is 9.74. The molecule has 0 aliphatic carbocycles. The van der Waals surface area contributed by atoms with Crippen molar-refractivity contribution in [3.05, 3.63) is 52.1 Å². The zero-order chi connectivity index (χ0) is 18.7. The number of halogens is 2. The molecule has 3 N–H and O–H groups in total. The molecule has 0 bridgehead atoms. The third-order valence-electron chi connectivity index (χ3n) is 4.33. The molecule has 1 aliphatic heterocycles. The number of hydrogen-bond donors (Lipinski definition) is 2. The molecule has 9 heteroatoms. The topological polar surface area (TPSA) is 88.3 Å². The van der Waals surface area contributed by atoms with Crippen molar-refractivity contribution < 1.29 is 8.42 Å². The number of rotatable bonds is 5. The van der Waals surface area contributed by atoms with Gasteiger partial charge in [0.05, 0.1) is 0 Å². The lowest BCUT2D eigenvalue weighted by Gasteiger charge is -2.32. The van der Waals surface area contributed by atoms with E-state index in [4.69, 9.17) is 28.3 Å². The van der Waals surface area contributed by atoms with Gasteiger partial charge in [0.25, 0.3) is 0 Å². The fraction of sp³-hybridized carbons (Fsp3) is 0.353. The number of likely N-dealkylation sites (tertiary alicyclic amines) is 1. The lowest BCUT2D eigenvalue weighted by atomic mass is 10.0. The molecule has 1 aromatic carbocycles. The van der Waals surface area contributed by atoms with E-state index in [1.54, 1.807) is 18.3 Å². The van der Waals surface area contributed by atoms with Crippen LogP contribution in [0, 0.1) is 0 Å². The van der Waals surface area contributed by atoms with E-state index in [2.05, 4.69) is 15.2 Å². The predicted octanol–water partition coefficient (Wildman–Crippen LogP) is 3.11. The van der Waals surface area contributed by atoms with Crippen LogP contribution in [-0.4, -0.2) is 37.4 Å². The second-order valence-electron chi connectivity index (χ2n) is 6.37. The number of aromatic nitrogens is 1. The highest BCUT2D eigenvalue weighted by molar-refractivity contribution is 7.89. The quantitative estimate of drug-likeness (QED) is 0.784. The molecule has 0 amide bonds. The number of nitrogens with zero attached hydrogens (tertiary/aromatic N) is 2. The van der Waals surface area contributed by atoms with Gasteiger partial charge in [0, 0.05) is 41.9 Å². The molecule has 1 fully saturated rings. The lowest BCUT2D eigenvalue weighted by molar-refractivity contribution is 0.211. The summed E-state index contributed by atoms with van der Waals surface area (Å²) in [7, 11) is -3.80. The van der Waals surface area contributed by atoms with Crippen molar-refractivity contribution >= 4 is 39.0 Å². The van der Waals surface area contributed by atoms with E-state index >= 15 is 0 Å². The Labute approximate surface area is 163 Å². The number of pyridine rings is 1. The van der Waals surface area contributed by atoms with E-state index in [1.807, 2.05) is 12.1 Å². The molecule has 3 rings (SSSR count). The van der Waals surface area contributed by atoms with Gasteiger partial charge >= 0.3 is 0 Å². The Balaban J connectivity index is 1.59. The van der Waals surface area contributed by atoms with Crippen LogP contribution < -0.4 is 10.5 Å². The van der Waals surface area contributed by atoms with Crippen molar-refractivity contribution in [2.75, 3.05) is 18.4 Å². The van der Waals surface area contributed by atoms with Gasteiger partial charge in [-0.15, -0.1) is 0 Å². The van der Waals surface area contributed by atoms with Crippen molar-refractivity contribution in [2.45, 2.75) is 30.3 Å². The number of hydrogen-bond acceptors (Lipinski definition) is 5. The summed E-state index contributed by atoms with van der Waals surface area (Å²) in [6.07, 6.45) is 3.29. The SMILES string of the molecule is NS(=O)(=O)c1cccnc1NC1CCN(Cc2cc(Cl)cc(Cl)c2)CC1. The second-order valence-corrected chi connectivity index (χ2v) is 8.77. The van der Waals surface area contributed by atoms with Gasteiger partial charge in [-0.3, -0.25) is 4.90 Å². The van der Waals surface area contributed by atoms with Gasteiger partial charge in [0.1, 0.15) is 10.7 Å². The van der Waals surface area contributed by atoms with E-state index in [9.17, 15) is 8.42 Å². The maximum atomic E-state index is 11.7. The molecular weight excluding hydrogens is 395 g/mol. The van der Waals surface area contributed by atoms with Gasteiger partial charge in [-0.25, -0.2) is 18.5 Å². The van der Waals surface area contributed by atoms with Crippen LogP contribution in [0.1, 0.15) is 18.4 Å². The van der Waals surface area contributed by atoms with Crippen molar-refractivity contribution in [1.29, 1.82) is 0 Å². The summed E-state index contributed by atoms with van der Waals surface area (Å²) in [5.41, 5.74) is 1.08. The Kier molecular flexibility index (Phi) is 6.04. The molecule has 2 heterocycles. The minimum atomic E-state index is -3.80. The van der Waals surface area contributed by atoms with Gasteiger partial charge in [0.2, 0.25) is 10.0 Å². The Hall–Kier alpha value is -1.38. The maximum absolute atomic E-state index is 11.7. The third kappa shape index (κ3) is 5.08. The summed E-state index contributed by atoms with van der Waals surface area (Å²) in [6, 6.07) is 8.73. The molecule has 1 aliphatic rings. The molecule has 0 atom stereocenters. The average Bonchev–Trinajstić information content (AvgIpc) is 2.55. The summed E-state index contributed by atoms with van der Waals surface area (Å²) in [4.78, 5) is 6.47. The number of primary sulfonamides is 1. The molecule has 2 aromatic rings. The summed E-state index contributed by atoms with van der Waals surface area (Å²) in [5.74, 6) is 0.315. The van der Waals surface area contributed by atoms with E-state index < -0.39 is 10.0 Å². The van der Waals surface area contributed by atoms with Crippen molar-refractivity contribution in [3.8, 4) is 0 Å². The van der Waals surface area contributed by atoms with Crippen LogP contribution in [0.25, 0.3) is 0 Å². The highest BCUT2D eigenvalue weighted by Gasteiger charge is 2.22. The first-order valence-corrected chi connectivity index (χ1v) is 10.5. The highest BCUT2D eigenvalue weighted by Crippen LogP contribution is 2.24. The van der Waals surface area contributed by atoms with Crippen molar-refractivity contribution in [3.63, 3.8) is 0 Å². The van der Waals surface area contributed by atoms with Gasteiger partial charge in [-0.1, -0.05) is 23.2 Å². The molecule has 0 unspecified atom stereocenters. The normalized spacial score (nSPS) is 16.6. The molecule has 140 valence electrons. The molecule has 0 spiro atoms. The van der Waals surface area contributed by atoms with Crippen LogP contribution in [0.5, 0.6) is 0 Å². The lowest BCUT2D eigenvalue weighted by Crippen LogP contribution is -2.39. The third-order valence-corrected chi connectivity index (χ3v) is 5.71. The summed E-state index contributed by atoms with van der Waals surface area (Å²) < 4.78 is 23.3. The first kappa shape index (κ1) is 19.4. The monoisotopic (exact) mass is 414 g/mol. The van der Waals surface area contributed by atoms with E-state index in [0.29, 0.717) is 15.9 Å². The van der Waals surface area contributed by atoms with Crippen LogP contribution in [0.4, 0.5) is 5.82 Å². The number of piperidine rings is 1. The zero-order valence-corrected chi connectivity index (χ0v) is 16.4. The minimum absolute atomic E-state index is 0.0241. The number of sulfonamides is 1. The average molecular weight is 415 g/mol. The van der Waals surface area contributed by atoms with Crippen LogP contribution in [0.3, 0.4) is 0 Å². The molecule has 0 saturated carbocycles. The number of nitrogens with one attached hydrogen (secondary N) is 1. The van der Waals surface area contributed by atoms with Crippen molar-refractivity contribution in [1.82, 2.24) is 9.88 Å². The maximum Gasteiger partial charge on any atom is 0.241 e. The molecule has 1 saturated heterocycles. The Bertz CT molecular complexity index is 864. The van der Waals surface area contributed by atoms with Crippen molar-refractivity contribution in [2.24, 2.45) is 5.14 Å². The van der Waals surface area contributed by atoms with Crippen LogP contribution >= 0.6 is 23.2 Å². The van der Waals surface area contributed by atoms with E-state index in [1.165, 1.54) is 6.07 Å². The minimum Gasteiger partial charge on any atom is -0.366 e. The molecule has 1 aromatic heterocycles. The molecule has 6 nitrogen and oxygen atoms in total. The van der Waals surface area contributed by atoms with Gasteiger partial charge in [0.15, 0.2) is 0 Å². The highest BCUT2D eigenvalue weighted by atomic mass is 35.5. The Morgan fingerprint density at radius 3 is 2.46 bits per heavy atom. The second kappa shape index (κ2) is 8.10. The molecule has 0 radical (unpaired) electrons. The largest absolute Gasteiger partial charge is 0.366 e.